The van der Waals surface area contributed by atoms with Gasteiger partial charge in [-0.25, -0.2) is 0 Å². The van der Waals surface area contributed by atoms with Crippen LogP contribution in [-0.4, -0.2) is 11.0 Å². The molecule has 0 aromatic carbocycles. The van der Waals surface area contributed by atoms with Gasteiger partial charge in [0.05, 0.1) is 6.10 Å². The van der Waals surface area contributed by atoms with Gasteiger partial charge < -0.3 is 5.11 Å². The van der Waals surface area contributed by atoms with Crippen LogP contribution in [0.2, 0.25) is 0 Å². The highest BCUT2D eigenvalue weighted by Gasteiger charge is 2.10. The summed E-state index contributed by atoms with van der Waals surface area (Å²) < 4.78 is 0. The monoisotopic (exact) mass is 204 g/mol. The molecule has 0 aliphatic heterocycles. The SMILES string of the molecule is Cc1ccsc1C(O)CCCCl. The molecule has 1 atom stereocenters. The predicted molar refractivity (Wildman–Crippen MR) is 54.0 cm³/mol. The van der Waals surface area contributed by atoms with Crippen molar-refractivity contribution in [1.82, 2.24) is 0 Å². The van der Waals surface area contributed by atoms with Crippen molar-refractivity contribution in [2.75, 3.05) is 5.88 Å². The average molecular weight is 205 g/mol. The molecule has 0 spiro atoms. The van der Waals surface area contributed by atoms with Gasteiger partial charge in [-0.15, -0.1) is 22.9 Å². The molecule has 12 heavy (non-hydrogen) atoms. The molecular formula is C9H13ClOS. The Bertz CT molecular complexity index is 234. The predicted octanol–water partition coefficient (Wildman–Crippen LogP) is 3.11. The largest absolute Gasteiger partial charge is 0.388 e. The van der Waals surface area contributed by atoms with Gasteiger partial charge in [0.25, 0.3) is 0 Å². The molecular weight excluding hydrogens is 192 g/mol. The minimum Gasteiger partial charge on any atom is -0.388 e. The fraction of sp³-hybridized carbons (Fsp3) is 0.556. The highest BCUT2D eigenvalue weighted by Crippen LogP contribution is 2.26. The average Bonchev–Trinajstić information content (AvgIpc) is 2.47. The molecule has 68 valence electrons. The third-order valence-corrected chi connectivity index (χ3v) is 3.20. The van der Waals surface area contributed by atoms with Crippen molar-refractivity contribution < 1.29 is 5.11 Å². The highest BCUT2D eigenvalue weighted by molar-refractivity contribution is 7.10. The molecule has 1 rings (SSSR count). The normalized spacial score (nSPS) is 13.2. The number of alkyl halides is 1. The summed E-state index contributed by atoms with van der Waals surface area (Å²) in [6.07, 6.45) is 1.33. The van der Waals surface area contributed by atoms with E-state index in [9.17, 15) is 5.11 Å². The number of halogens is 1. The molecule has 0 bridgehead atoms. The van der Waals surface area contributed by atoms with Crippen LogP contribution in [0.3, 0.4) is 0 Å². The number of hydrogen-bond donors (Lipinski definition) is 1. The molecule has 0 radical (unpaired) electrons. The van der Waals surface area contributed by atoms with Crippen molar-refractivity contribution in [2.24, 2.45) is 0 Å². The zero-order valence-electron chi connectivity index (χ0n) is 7.09. The Balaban J connectivity index is 2.52. The molecule has 0 fully saturated rings. The van der Waals surface area contributed by atoms with Crippen LogP contribution in [0.4, 0.5) is 0 Å². The van der Waals surface area contributed by atoms with E-state index in [2.05, 4.69) is 0 Å². The first-order valence-electron chi connectivity index (χ1n) is 4.03. The first-order chi connectivity index (χ1) is 5.75. The van der Waals surface area contributed by atoms with E-state index in [1.807, 2.05) is 18.4 Å². The van der Waals surface area contributed by atoms with E-state index in [-0.39, 0.29) is 6.10 Å². The van der Waals surface area contributed by atoms with Gasteiger partial charge in [0.15, 0.2) is 0 Å². The van der Waals surface area contributed by atoms with Crippen LogP contribution in [0.25, 0.3) is 0 Å². The summed E-state index contributed by atoms with van der Waals surface area (Å²) in [5.74, 6) is 0.626. The van der Waals surface area contributed by atoms with E-state index >= 15 is 0 Å². The molecule has 1 aromatic rings. The molecule has 0 aliphatic carbocycles. The van der Waals surface area contributed by atoms with Crippen LogP contribution < -0.4 is 0 Å². The Morgan fingerprint density at radius 1 is 1.67 bits per heavy atom. The van der Waals surface area contributed by atoms with Crippen LogP contribution in [0.15, 0.2) is 11.4 Å². The molecule has 3 heteroatoms. The van der Waals surface area contributed by atoms with Crippen LogP contribution in [-0.2, 0) is 0 Å². The van der Waals surface area contributed by atoms with Crippen LogP contribution in [0.1, 0.15) is 29.4 Å². The molecule has 1 aromatic heterocycles. The van der Waals surface area contributed by atoms with Crippen molar-refractivity contribution in [3.8, 4) is 0 Å². The summed E-state index contributed by atoms with van der Waals surface area (Å²) in [4.78, 5) is 1.08. The smallest absolute Gasteiger partial charge is 0.0885 e. The van der Waals surface area contributed by atoms with Crippen LogP contribution >= 0.6 is 22.9 Å². The maximum Gasteiger partial charge on any atom is 0.0885 e. The van der Waals surface area contributed by atoms with Gasteiger partial charge in [0.1, 0.15) is 0 Å². The lowest BCUT2D eigenvalue weighted by Gasteiger charge is -2.07. The number of thiophene rings is 1. The van der Waals surface area contributed by atoms with Gasteiger partial charge in [0, 0.05) is 10.8 Å². The van der Waals surface area contributed by atoms with Gasteiger partial charge in [-0.05, 0) is 36.8 Å². The second kappa shape index (κ2) is 4.85. The number of aliphatic hydroxyl groups excluding tert-OH is 1. The molecule has 1 N–H and O–H groups in total. The van der Waals surface area contributed by atoms with Crippen molar-refractivity contribution in [3.63, 3.8) is 0 Å². The minimum absolute atomic E-state index is 0.316. The van der Waals surface area contributed by atoms with Crippen molar-refractivity contribution in [1.29, 1.82) is 0 Å². The van der Waals surface area contributed by atoms with E-state index < -0.39 is 0 Å². The van der Waals surface area contributed by atoms with E-state index in [0.717, 1.165) is 17.7 Å². The zero-order chi connectivity index (χ0) is 8.97. The van der Waals surface area contributed by atoms with E-state index in [4.69, 9.17) is 11.6 Å². The number of rotatable bonds is 4. The molecule has 1 unspecified atom stereocenters. The Hall–Kier alpha value is -0.0500. The third-order valence-electron chi connectivity index (χ3n) is 1.82. The van der Waals surface area contributed by atoms with E-state index in [1.54, 1.807) is 11.3 Å². The maximum absolute atomic E-state index is 9.67. The van der Waals surface area contributed by atoms with E-state index in [0.29, 0.717) is 5.88 Å². The minimum atomic E-state index is -0.316. The first kappa shape index (κ1) is 10.0. The molecule has 0 aliphatic rings. The fourth-order valence-electron chi connectivity index (χ4n) is 1.13. The quantitative estimate of drug-likeness (QED) is 0.748. The summed E-state index contributed by atoms with van der Waals surface area (Å²) in [6.45, 7) is 2.02. The number of hydrogen-bond acceptors (Lipinski definition) is 2. The Morgan fingerprint density at radius 3 is 2.92 bits per heavy atom. The second-order valence-corrected chi connectivity index (χ2v) is 4.14. The number of aliphatic hydroxyl groups is 1. The lowest BCUT2D eigenvalue weighted by atomic mass is 10.1. The summed E-state index contributed by atoms with van der Waals surface area (Å²) >= 11 is 7.15. The molecule has 1 heterocycles. The van der Waals surface area contributed by atoms with Crippen LogP contribution in [0.5, 0.6) is 0 Å². The Labute approximate surface area is 82.0 Å². The molecule has 1 nitrogen and oxygen atoms in total. The molecule has 0 amide bonds. The first-order valence-corrected chi connectivity index (χ1v) is 5.45. The highest BCUT2D eigenvalue weighted by atomic mass is 35.5. The van der Waals surface area contributed by atoms with Gasteiger partial charge >= 0.3 is 0 Å². The summed E-state index contributed by atoms with van der Waals surface area (Å²) in [6, 6.07) is 2.03. The van der Waals surface area contributed by atoms with Gasteiger partial charge in [-0.1, -0.05) is 0 Å². The van der Waals surface area contributed by atoms with Crippen molar-refractivity contribution >= 4 is 22.9 Å². The summed E-state index contributed by atoms with van der Waals surface area (Å²) in [5.41, 5.74) is 1.18. The van der Waals surface area contributed by atoms with Gasteiger partial charge in [0.2, 0.25) is 0 Å². The maximum atomic E-state index is 9.67. The Kier molecular flexibility index (Phi) is 4.06. The lowest BCUT2D eigenvalue weighted by Crippen LogP contribution is -1.96. The zero-order valence-corrected chi connectivity index (χ0v) is 8.66. The topological polar surface area (TPSA) is 20.2 Å². The fourth-order valence-corrected chi connectivity index (χ4v) is 2.23. The van der Waals surface area contributed by atoms with Gasteiger partial charge in [-0.3, -0.25) is 0 Å². The van der Waals surface area contributed by atoms with Gasteiger partial charge in [-0.2, -0.15) is 0 Å². The van der Waals surface area contributed by atoms with Crippen molar-refractivity contribution in [3.05, 3.63) is 21.9 Å². The molecule has 0 saturated carbocycles. The lowest BCUT2D eigenvalue weighted by molar-refractivity contribution is 0.170. The number of aryl methyl sites for hydroxylation is 1. The van der Waals surface area contributed by atoms with E-state index in [1.165, 1.54) is 5.56 Å². The Morgan fingerprint density at radius 2 is 2.42 bits per heavy atom. The third kappa shape index (κ3) is 2.47. The van der Waals surface area contributed by atoms with Crippen molar-refractivity contribution in [2.45, 2.75) is 25.9 Å². The summed E-state index contributed by atoms with van der Waals surface area (Å²) in [5, 5.41) is 11.7. The molecule has 0 saturated heterocycles. The van der Waals surface area contributed by atoms with Crippen LogP contribution in [0, 0.1) is 6.92 Å². The second-order valence-electron chi connectivity index (χ2n) is 2.81. The summed E-state index contributed by atoms with van der Waals surface area (Å²) in [7, 11) is 0. The standard InChI is InChI=1S/C9H13ClOS/c1-7-4-6-12-9(7)8(11)3-2-5-10/h4,6,8,11H,2-3,5H2,1H3.